The molecule has 1 heterocycles. The van der Waals surface area contributed by atoms with E-state index in [1.54, 1.807) is 0 Å². The fourth-order valence-corrected chi connectivity index (χ4v) is 1.11. The van der Waals surface area contributed by atoms with E-state index >= 15 is 0 Å². The SMILES string of the molecule is CCOc1nccc(F)c1I. The number of halogens is 2. The molecule has 4 heteroatoms. The lowest BCUT2D eigenvalue weighted by atomic mass is 10.5. The molecule has 0 aliphatic heterocycles. The highest BCUT2D eigenvalue weighted by molar-refractivity contribution is 14.1. The molecule has 11 heavy (non-hydrogen) atoms. The normalized spacial score (nSPS) is 9.73. The van der Waals surface area contributed by atoms with Crippen molar-refractivity contribution in [2.24, 2.45) is 0 Å². The zero-order valence-corrected chi connectivity index (χ0v) is 8.13. The Morgan fingerprint density at radius 1 is 1.73 bits per heavy atom. The molecule has 0 saturated heterocycles. The van der Waals surface area contributed by atoms with Gasteiger partial charge in [0.2, 0.25) is 5.88 Å². The first kappa shape index (κ1) is 8.70. The first-order valence-electron chi connectivity index (χ1n) is 3.18. The van der Waals surface area contributed by atoms with Gasteiger partial charge in [-0.1, -0.05) is 0 Å². The summed E-state index contributed by atoms with van der Waals surface area (Å²) >= 11 is 1.87. The fourth-order valence-electron chi connectivity index (χ4n) is 0.640. The number of ether oxygens (including phenoxy) is 1. The van der Waals surface area contributed by atoms with Gasteiger partial charge in [0.05, 0.1) is 6.61 Å². The van der Waals surface area contributed by atoms with Crippen LogP contribution in [0.4, 0.5) is 4.39 Å². The second-order valence-electron chi connectivity index (χ2n) is 1.84. The lowest BCUT2D eigenvalue weighted by molar-refractivity contribution is 0.321. The number of pyridine rings is 1. The van der Waals surface area contributed by atoms with Crippen LogP contribution in [0, 0.1) is 9.39 Å². The van der Waals surface area contributed by atoms with Crippen molar-refractivity contribution in [1.82, 2.24) is 4.98 Å². The van der Waals surface area contributed by atoms with E-state index in [0.29, 0.717) is 16.1 Å². The zero-order chi connectivity index (χ0) is 8.27. The van der Waals surface area contributed by atoms with Gasteiger partial charge in [0.1, 0.15) is 9.39 Å². The van der Waals surface area contributed by atoms with Crippen molar-refractivity contribution in [3.05, 3.63) is 21.7 Å². The van der Waals surface area contributed by atoms with E-state index in [-0.39, 0.29) is 5.82 Å². The topological polar surface area (TPSA) is 22.1 Å². The maximum absolute atomic E-state index is 12.8. The maximum atomic E-state index is 12.8. The Morgan fingerprint density at radius 3 is 3.09 bits per heavy atom. The van der Waals surface area contributed by atoms with E-state index < -0.39 is 0 Å². The Hall–Kier alpha value is -0.390. The predicted molar refractivity (Wildman–Crippen MR) is 48.1 cm³/mol. The van der Waals surface area contributed by atoms with E-state index in [1.807, 2.05) is 29.5 Å². The highest BCUT2D eigenvalue weighted by atomic mass is 127. The van der Waals surface area contributed by atoms with Gasteiger partial charge in [-0.15, -0.1) is 0 Å². The Kier molecular flexibility index (Phi) is 3.04. The lowest BCUT2D eigenvalue weighted by Gasteiger charge is -2.03. The van der Waals surface area contributed by atoms with E-state index in [0.717, 1.165) is 0 Å². The van der Waals surface area contributed by atoms with Crippen molar-refractivity contribution in [3.63, 3.8) is 0 Å². The van der Waals surface area contributed by atoms with Crippen LogP contribution in [-0.2, 0) is 0 Å². The molecule has 0 saturated carbocycles. The van der Waals surface area contributed by atoms with Crippen molar-refractivity contribution in [2.45, 2.75) is 6.92 Å². The minimum atomic E-state index is -0.288. The minimum Gasteiger partial charge on any atom is -0.477 e. The summed E-state index contributed by atoms with van der Waals surface area (Å²) in [7, 11) is 0. The summed E-state index contributed by atoms with van der Waals surface area (Å²) in [5.41, 5.74) is 0. The third kappa shape index (κ3) is 2.02. The van der Waals surface area contributed by atoms with Crippen LogP contribution in [-0.4, -0.2) is 11.6 Å². The van der Waals surface area contributed by atoms with E-state index in [9.17, 15) is 4.39 Å². The molecule has 0 aromatic carbocycles. The largest absolute Gasteiger partial charge is 0.477 e. The van der Waals surface area contributed by atoms with Gasteiger partial charge in [0.25, 0.3) is 0 Å². The molecule has 0 bridgehead atoms. The Balaban J connectivity index is 2.96. The summed E-state index contributed by atoms with van der Waals surface area (Å²) in [5, 5.41) is 0. The molecule has 1 aromatic rings. The molecule has 0 fully saturated rings. The first-order chi connectivity index (χ1) is 5.25. The summed E-state index contributed by atoms with van der Waals surface area (Å²) in [6.45, 7) is 2.34. The molecule has 0 radical (unpaired) electrons. The second-order valence-corrected chi connectivity index (χ2v) is 2.92. The number of nitrogens with zero attached hydrogens (tertiary/aromatic N) is 1. The maximum Gasteiger partial charge on any atom is 0.230 e. The quantitative estimate of drug-likeness (QED) is 0.766. The van der Waals surface area contributed by atoms with Crippen molar-refractivity contribution in [3.8, 4) is 5.88 Å². The third-order valence-electron chi connectivity index (χ3n) is 1.09. The number of rotatable bonds is 2. The standard InChI is InChI=1S/C7H7FINO/c1-2-11-7-6(9)5(8)3-4-10-7/h3-4H,2H2,1H3. The highest BCUT2D eigenvalue weighted by Gasteiger charge is 2.05. The molecule has 1 aromatic heterocycles. The summed E-state index contributed by atoms with van der Waals surface area (Å²) < 4.78 is 18.3. The summed E-state index contributed by atoms with van der Waals surface area (Å²) in [5.74, 6) is 0.0807. The molecule has 2 nitrogen and oxygen atoms in total. The minimum absolute atomic E-state index is 0.288. The van der Waals surface area contributed by atoms with Gasteiger partial charge in [-0.3, -0.25) is 0 Å². The first-order valence-corrected chi connectivity index (χ1v) is 4.26. The number of hydrogen-bond donors (Lipinski definition) is 0. The van der Waals surface area contributed by atoms with Crippen LogP contribution < -0.4 is 4.74 Å². The Bertz CT molecular complexity index is 254. The van der Waals surface area contributed by atoms with Crippen LogP contribution in [0.1, 0.15) is 6.92 Å². The molecule has 0 N–H and O–H groups in total. The smallest absolute Gasteiger partial charge is 0.230 e. The Morgan fingerprint density at radius 2 is 2.45 bits per heavy atom. The molecule has 60 valence electrons. The van der Waals surface area contributed by atoms with Crippen LogP contribution in [0.15, 0.2) is 12.3 Å². The third-order valence-corrected chi connectivity index (χ3v) is 2.07. The van der Waals surface area contributed by atoms with Gasteiger partial charge in [-0.25, -0.2) is 9.37 Å². The highest BCUT2D eigenvalue weighted by Crippen LogP contribution is 2.19. The van der Waals surface area contributed by atoms with Crippen LogP contribution in [0.25, 0.3) is 0 Å². The summed E-state index contributed by atoms with van der Waals surface area (Å²) in [4.78, 5) is 3.86. The lowest BCUT2D eigenvalue weighted by Crippen LogP contribution is -1.98. The van der Waals surface area contributed by atoms with Gasteiger partial charge >= 0.3 is 0 Å². The van der Waals surface area contributed by atoms with Gasteiger partial charge in [-0.05, 0) is 35.6 Å². The van der Waals surface area contributed by atoms with E-state index in [1.165, 1.54) is 12.3 Å². The van der Waals surface area contributed by atoms with E-state index in [2.05, 4.69) is 4.98 Å². The summed E-state index contributed by atoms with van der Waals surface area (Å²) in [6, 6.07) is 1.31. The van der Waals surface area contributed by atoms with Crippen LogP contribution in [0.5, 0.6) is 5.88 Å². The van der Waals surface area contributed by atoms with Crippen LogP contribution >= 0.6 is 22.6 Å². The zero-order valence-electron chi connectivity index (χ0n) is 5.97. The van der Waals surface area contributed by atoms with Crippen molar-refractivity contribution in [2.75, 3.05) is 6.61 Å². The molecule has 0 spiro atoms. The van der Waals surface area contributed by atoms with Gasteiger partial charge < -0.3 is 4.74 Å². The monoisotopic (exact) mass is 267 g/mol. The average Bonchev–Trinajstić information content (AvgIpc) is 1.99. The molecule has 0 unspecified atom stereocenters. The van der Waals surface area contributed by atoms with Gasteiger partial charge in [0.15, 0.2) is 0 Å². The molecule has 0 aliphatic carbocycles. The van der Waals surface area contributed by atoms with E-state index in [4.69, 9.17) is 4.74 Å². The summed E-state index contributed by atoms with van der Waals surface area (Å²) in [6.07, 6.45) is 1.39. The average molecular weight is 267 g/mol. The molecule has 0 aliphatic rings. The molecular weight excluding hydrogens is 260 g/mol. The fraction of sp³-hybridized carbons (Fsp3) is 0.286. The number of hydrogen-bond acceptors (Lipinski definition) is 2. The van der Waals surface area contributed by atoms with Crippen molar-refractivity contribution < 1.29 is 9.13 Å². The molecule has 0 amide bonds. The number of aromatic nitrogens is 1. The molecule has 0 atom stereocenters. The molecule has 1 rings (SSSR count). The van der Waals surface area contributed by atoms with Gasteiger partial charge in [-0.2, -0.15) is 0 Å². The van der Waals surface area contributed by atoms with Crippen LogP contribution in [0.3, 0.4) is 0 Å². The van der Waals surface area contributed by atoms with Crippen LogP contribution in [0.2, 0.25) is 0 Å². The van der Waals surface area contributed by atoms with Crippen molar-refractivity contribution >= 4 is 22.6 Å². The second kappa shape index (κ2) is 3.85. The van der Waals surface area contributed by atoms with Crippen molar-refractivity contribution in [1.29, 1.82) is 0 Å². The Labute approximate surface area is 77.9 Å². The predicted octanol–water partition coefficient (Wildman–Crippen LogP) is 2.22. The van der Waals surface area contributed by atoms with Gasteiger partial charge in [0, 0.05) is 6.20 Å². The molecular formula is C7H7FINO.